The quantitative estimate of drug-likeness (QED) is 0.875. The number of aromatic nitrogens is 1. The number of thiophene rings is 1. The van der Waals surface area contributed by atoms with Crippen LogP contribution in [0, 0.1) is 11.3 Å². The van der Waals surface area contributed by atoms with Gasteiger partial charge in [-0.15, -0.1) is 11.3 Å². The van der Waals surface area contributed by atoms with E-state index in [-0.39, 0.29) is 5.56 Å². The van der Waals surface area contributed by atoms with Crippen molar-refractivity contribution in [2.75, 3.05) is 0 Å². The molecule has 2 rings (SSSR count). The molecule has 0 aliphatic rings. The lowest BCUT2D eigenvalue weighted by molar-refractivity contribution is 0.0695. The predicted molar refractivity (Wildman–Crippen MR) is 63.4 cm³/mol. The molecule has 0 spiro atoms. The molecule has 5 nitrogen and oxygen atoms in total. The second-order valence-corrected chi connectivity index (χ2v) is 4.43. The Kier molecular flexibility index (Phi) is 2.69. The van der Waals surface area contributed by atoms with Gasteiger partial charge in [0, 0.05) is 12.7 Å². The Balaban J connectivity index is 2.93. The van der Waals surface area contributed by atoms with Crippen molar-refractivity contribution in [2.24, 2.45) is 0 Å². The summed E-state index contributed by atoms with van der Waals surface area (Å²) in [6.07, 6.45) is 1.32. The first-order valence-electron chi connectivity index (χ1n) is 4.88. The van der Waals surface area contributed by atoms with Crippen molar-refractivity contribution in [1.82, 2.24) is 4.57 Å². The fraction of sp³-hybridized carbons (Fsp3) is 0.182. The summed E-state index contributed by atoms with van der Waals surface area (Å²) < 4.78 is 1.67. The van der Waals surface area contributed by atoms with Crippen LogP contribution in [0.5, 0.6) is 0 Å². The number of hydrogen-bond acceptors (Lipinski definition) is 4. The van der Waals surface area contributed by atoms with Crippen molar-refractivity contribution in [2.45, 2.75) is 13.5 Å². The molecule has 2 aromatic rings. The number of aryl methyl sites for hydroxylation is 1. The molecule has 1 N–H and O–H groups in total. The highest BCUT2D eigenvalue weighted by molar-refractivity contribution is 7.19. The van der Waals surface area contributed by atoms with E-state index in [4.69, 9.17) is 10.4 Å². The zero-order valence-electron chi connectivity index (χ0n) is 8.93. The predicted octanol–water partition coefficient (Wildman–Crippen LogP) is 1.65. The second kappa shape index (κ2) is 4.03. The van der Waals surface area contributed by atoms with Crippen LogP contribution in [0.25, 0.3) is 10.2 Å². The standard InChI is InChI=1S/C11H8N2O3S/c1-2-13-5-8(11(15)16)9(14)7-3-6(4-12)17-10(7)13/h3,5H,2H2,1H3,(H,15,16). The molecule has 0 saturated carbocycles. The number of carbonyl (C=O) groups is 1. The molecule has 6 heteroatoms. The molecule has 0 saturated heterocycles. The average Bonchev–Trinajstić information content (AvgIpc) is 2.74. The number of rotatable bonds is 2. The highest BCUT2D eigenvalue weighted by Gasteiger charge is 2.16. The average molecular weight is 248 g/mol. The van der Waals surface area contributed by atoms with Gasteiger partial charge in [-0.05, 0) is 13.0 Å². The van der Waals surface area contributed by atoms with Crippen LogP contribution in [-0.2, 0) is 6.54 Å². The Bertz CT molecular complexity index is 706. The molecular weight excluding hydrogens is 240 g/mol. The van der Waals surface area contributed by atoms with Crippen molar-refractivity contribution >= 4 is 27.5 Å². The van der Waals surface area contributed by atoms with Gasteiger partial charge in [0.15, 0.2) is 0 Å². The third kappa shape index (κ3) is 1.70. The van der Waals surface area contributed by atoms with Crippen LogP contribution in [0.2, 0.25) is 0 Å². The lowest BCUT2D eigenvalue weighted by Gasteiger charge is -2.05. The maximum atomic E-state index is 11.9. The van der Waals surface area contributed by atoms with E-state index in [0.717, 1.165) is 0 Å². The van der Waals surface area contributed by atoms with E-state index in [1.807, 2.05) is 13.0 Å². The van der Waals surface area contributed by atoms with Gasteiger partial charge in [-0.1, -0.05) is 0 Å². The molecule has 86 valence electrons. The fourth-order valence-corrected chi connectivity index (χ4v) is 2.61. The zero-order chi connectivity index (χ0) is 12.6. The molecule has 0 unspecified atom stereocenters. The lowest BCUT2D eigenvalue weighted by Crippen LogP contribution is -2.17. The van der Waals surface area contributed by atoms with E-state index < -0.39 is 11.4 Å². The summed E-state index contributed by atoms with van der Waals surface area (Å²) >= 11 is 1.19. The number of hydrogen-bond donors (Lipinski definition) is 1. The van der Waals surface area contributed by atoms with Gasteiger partial charge in [-0.2, -0.15) is 5.26 Å². The molecule has 2 heterocycles. The van der Waals surface area contributed by atoms with Crippen LogP contribution >= 0.6 is 11.3 Å². The third-order valence-corrected chi connectivity index (χ3v) is 3.51. The second-order valence-electron chi connectivity index (χ2n) is 3.40. The highest BCUT2D eigenvalue weighted by Crippen LogP contribution is 2.23. The number of nitriles is 1. The maximum Gasteiger partial charge on any atom is 0.341 e. The van der Waals surface area contributed by atoms with E-state index in [1.54, 1.807) is 4.57 Å². The molecule has 0 aliphatic heterocycles. The van der Waals surface area contributed by atoms with E-state index in [2.05, 4.69) is 0 Å². The summed E-state index contributed by atoms with van der Waals surface area (Å²) in [5.41, 5.74) is -0.795. The molecule has 0 aliphatic carbocycles. The molecule has 0 amide bonds. The normalized spacial score (nSPS) is 10.4. The summed E-state index contributed by atoms with van der Waals surface area (Å²) in [4.78, 5) is 23.8. The van der Waals surface area contributed by atoms with Crippen molar-refractivity contribution in [3.8, 4) is 6.07 Å². The highest BCUT2D eigenvalue weighted by atomic mass is 32.1. The Labute approximate surface area is 100 Å². The summed E-state index contributed by atoms with van der Waals surface area (Å²) in [5.74, 6) is -1.25. The van der Waals surface area contributed by atoms with Gasteiger partial charge in [-0.3, -0.25) is 4.79 Å². The smallest absolute Gasteiger partial charge is 0.341 e. The lowest BCUT2D eigenvalue weighted by atomic mass is 10.2. The minimum Gasteiger partial charge on any atom is -0.477 e. The molecule has 0 fully saturated rings. The molecule has 0 bridgehead atoms. The molecule has 0 radical (unpaired) electrons. The van der Waals surface area contributed by atoms with Crippen molar-refractivity contribution in [3.63, 3.8) is 0 Å². The van der Waals surface area contributed by atoms with Crippen LogP contribution in [-0.4, -0.2) is 15.6 Å². The number of pyridine rings is 1. The summed E-state index contributed by atoms with van der Waals surface area (Å²) in [6.45, 7) is 2.39. The van der Waals surface area contributed by atoms with Crippen LogP contribution < -0.4 is 5.43 Å². The largest absolute Gasteiger partial charge is 0.477 e. The van der Waals surface area contributed by atoms with Crippen LogP contribution in [0.15, 0.2) is 17.1 Å². The van der Waals surface area contributed by atoms with E-state index in [1.165, 1.54) is 23.6 Å². The molecule has 17 heavy (non-hydrogen) atoms. The van der Waals surface area contributed by atoms with Crippen molar-refractivity contribution in [1.29, 1.82) is 5.26 Å². The van der Waals surface area contributed by atoms with Crippen LogP contribution in [0.3, 0.4) is 0 Å². The van der Waals surface area contributed by atoms with Gasteiger partial charge in [0.1, 0.15) is 21.3 Å². The fourth-order valence-electron chi connectivity index (χ4n) is 1.62. The van der Waals surface area contributed by atoms with Gasteiger partial charge >= 0.3 is 5.97 Å². The Morgan fingerprint density at radius 2 is 2.35 bits per heavy atom. The Morgan fingerprint density at radius 1 is 1.65 bits per heavy atom. The number of fused-ring (bicyclic) bond motifs is 1. The van der Waals surface area contributed by atoms with Gasteiger partial charge in [0.2, 0.25) is 5.43 Å². The molecule has 0 aromatic carbocycles. The summed E-state index contributed by atoms with van der Waals surface area (Å²) in [6, 6.07) is 3.41. The first-order valence-corrected chi connectivity index (χ1v) is 5.70. The molecular formula is C11H8N2O3S. The van der Waals surface area contributed by atoms with Gasteiger partial charge in [0.25, 0.3) is 0 Å². The zero-order valence-corrected chi connectivity index (χ0v) is 9.74. The first kappa shape index (κ1) is 11.4. The van der Waals surface area contributed by atoms with E-state index in [0.29, 0.717) is 21.6 Å². The topological polar surface area (TPSA) is 83.1 Å². The van der Waals surface area contributed by atoms with Gasteiger partial charge in [0.05, 0.1) is 5.39 Å². The third-order valence-electron chi connectivity index (χ3n) is 2.43. The van der Waals surface area contributed by atoms with E-state index >= 15 is 0 Å². The number of carboxylic acid groups (broad SMARTS) is 1. The first-order chi connectivity index (χ1) is 8.08. The Morgan fingerprint density at radius 3 is 2.88 bits per heavy atom. The van der Waals surface area contributed by atoms with Gasteiger partial charge < -0.3 is 9.67 Å². The minimum absolute atomic E-state index is 0.262. The number of carboxylic acids is 1. The molecule has 0 atom stereocenters. The van der Waals surface area contributed by atoms with Gasteiger partial charge in [-0.25, -0.2) is 4.79 Å². The van der Waals surface area contributed by atoms with Crippen molar-refractivity contribution in [3.05, 3.63) is 32.9 Å². The summed E-state index contributed by atoms with van der Waals surface area (Å²) in [7, 11) is 0. The Hall–Kier alpha value is -2.13. The minimum atomic E-state index is -1.25. The van der Waals surface area contributed by atoms with E-state index in [9.17, 15) is 9.59 Å². The van der Waals surface area contributed by atoms with Crippen LogP contribution in [0.1, 0.15) is 22.2 Å². The van der Waals surface area contributed by atoms with Crippen molar-refractivity contribution < 1.29 is 9.90 Å². The number of aromatic carboxylic acids is 1. The summed E-state index contributed by atoms with van der Waals surface area (Å²) in [5, 5.41) is 18.0. The monoisotopic (exact) mass is 248 g/mol. The number of nitrogens with zero attached hydrogens (tertiary/aromatic N) is 2. The molecule has 2 aromatic heterocycles. The van der Waals surface area contributed by atoms with Crippen LogP contribution in [0.4, 0.5) is 0 Å². The maximum absolute atomic E-state index is 11.9. The SMILES string of the molecule is CCn1cc(C(=O)O)c(=O)c2cc(C#N)sc21.